The molecule has 2 N–H and O–H groups in total. The van der Waals surface area contributed by atoms with E-state index in [9.17, 15) is 4.79 Å². The molecule has 1 aliphatic heterocycles. The van der Waals surface area contributed by atoms with Gasteiger partial charge in [-0.1, -0.05) is 5.21 Å². The molecule has 0 aliphatic carbocycles. The Morgan fingerprint density at radius 2 is 1.92 bits per heavy atom. The standard InChI is InChI=1S/C17H23N5O3.ClH/c1-11-16(20-21-22(11)13-6-8-18-9-7-13)17(23)19-12-4-5-14(24-2)15(10-12)25-3;/h4-5,10,13,18H,6-9H2,1-3H3,(H,19,23);1H. The van der Waals surface area contributed by atoms with Crippen LogP contribution < -0.4 is 20.1 Å². The van der Waals surface area contributed by atoms with Crippen LogP contribution in [0.25, 0.3) is 0 Å². The van der Waals surface area contributed by atoms with Gasteiger partial charge in [0.1, 0.15) is 0 Å². The Labute approximate surface area is 158 Å². The van der Waals surface area contributed by atoms with Crippen molar-refractivity contribution in [1.29, 1.82) is 0 Å². The highest BCUT2D eigenvalue weighted by Crippen LogP contribution is 2.30. The first-order valence-corrected chi connectivity index (χ1v) is 8.30. The van der Waals surface area contributed by atoms with Crippen molar-refractivity contribution in [3.63, 3.8) is 0 Å². The van der Waals surface area contributed by atoms with E-state index in [1.54, 1.807) is 32.4 Å². The topological polar surface area (TPSA) is 90.3 Å². The zero-order valence-electron chi connectivity index (χ0n) is 15.1. The van der Waals surface area contributed by atoms with Crippen LogP contribution in [0.4, 0.5) is 5.69 Å². The lowest BCUT2D eigenvalue weighted by Gasteiger charge is -2.23. The number of hydrogen-bond donors (Lipinski definition) is 2. The zero-order chi connectivity index (χ0) is 17.8. The number of piperidine rings is 1. The fraction of sp³-hybridized carbons (Fsp3) is 0.471. The van der Waals surface area contributed by atoms with Gasteiger partial charge in [-0.15, -0.1) is 17.5 Å². The van der Waals surface area contributed by atoms with Gasteiger partial charge in [0.25, 0.3) is 5.91 Å². The molecule has 1 aromatic heterocycles. The van der Waals surface area contributed by atoms with Crippen LogP contribution in [-0.2, 0) is 0 Å². The van der Waals surface area contributed by atoms with Gasteiger partial charge in [0, 0.05) is 11.8 Å². The molecule has 26 heavy (non-hydrogen) atoms. The summed E-state index contributed by atoms with van der Waals surface area (Å²) >= 11 is 0. The quantitative estimate of drug-likeness (QED) is 0.825. The van der Waals surface area contributed by atoms with Crippen LogP contribution in [0.15, 0.2) is 18.2 Å². The first-order chi connectivity index (χ1) is 12.1. The molecular weight excluding hydrogens is 358 g/mol. The molecule has 8 nitrogen and oxygen atoms in total. The van der Waals surface area contributed by atoms with Crippen LogP contribution in [0.1, 0.15) is 35.1 Å². The summed E-state index contributed by atoms with van der Waals surface area (Å²) in [5.74, 6) is 0.869. The van der Waals surface area contributed by atoms with Crippen molar-refractivity contribution in [2.75, 3.05) is 32.6 Å². The lowest BCUT2D eigenvalue weighted by atomic mass is 10.1. The number of benzene rings is 1. The minimum atomic E-state index is -0.287. The Morgan fingerprint density at radius 1 is 1.23 bits per heavy atom. The zero-order valence-corrected chi connectivity index (χ0v) is 15.9. The molecule has 9 heteroatoms. The lowest BCUT2D eigenvalue weighted by molar-refractivity contribution is 0.102. The second-order valence-electron chi connectivity index (χ2n) is 5.97. The number of rotatable bonds is 5. The van der Waals surface area contributed by atoms with Crippen molar-refractivity contribution in [3.05, 3.63) is 29.6 Å². The fourth-order valence-corrected chi connectivity index (χ4v) is 3.05. The molecule has 3 rings (SSSR count). The minimum Gasteiger partial charge on any atom is -0.493 e. The Morgan fingerprint density at radius 3 is 2.58 bits per heavy atom. The molecule has 1 aromatic carbocycles. The van der Waals surface area contributed by atoms with E-state index < -0.39 is 0 Å². The summed E-state index contributed by atoms with van der Waals surface area (Å²) < 4.78 is 12.3. The molecule has 2 heterocycles. The summed E-state index contributed by atoms with van der Waals surface area (Å²) in [4.78, 5) is 12.6. The van der Waals surface area contributed by atoms with Crippen molar-refractivity contribution < 1.29 is 14.3 Å². The van der Waals surface area contributed by atoms with Gasteiger partial charge < -0.3 is 20.1 Å². The van der Waals surface area contributed by atoms with E-state index in [0.29, 0.717) is 22.9 Å². The maximum absolute atomic E-state index is 12.6. The average Bonchev–Trinajstić information content (AvgIpc) is 3.03. The number of hydrogen-bond acceptors (Lipinski definition) is 6. The van der Waals surface area contributed by atoms with E-state index in [1.807, 2.05) is 11.6 Å². The van der Waals surface area contributed by atoms with Crippen molar-refractivity contribution >= 4 is 24.0 Å². The fourth-order valence-electron chi connectivity index (χ4n) is 3.05. The van der Waals surface area contributed by atoms with Gasteiger partial charge >= 0.3 is 0 Å². The predicted molar refractivity (Wildman–Crippen MR) is 101 cm³/mol. The van der Waals surface area contributed by atoms with Crippen LogP contribution >= 0.6 is 12.4 Å². The van der Waals surface area contributed by atoms with E-state index in [1.165, 1.54) is 0 Å². The first-order valence-electron chi connectivity index (χ1n) is 8.30. The second kappa shape index (κ2) is 8.86. The third-order valence-corrected chi connectivity index (χ3v) is 4.44. The van der Waals surface area contributed by atoms with E-state index in [4.69, 9.17) is 9.47 Å². The van der Waals surface area contributed by atoms with Crippen LogP contribution in [0.2, 0.25) is 0 Å². The summed E-state index contributed by atoms with van der Waals surface area (Å²) in [5, 5.41) is 14.4. The average molecular weight is 382 g/mol. The molecule has 0 atom stereocenters. The largest absolute Gasteiger partial charge is 0.493 e. The van der Waals surface area contributed by atoms with Gasteiger partial charge in [0.15, 0.2) is 17.2 Å². The highest BCUT2D eigenvalue weighted by atomic mass is 35.5. The number of nitrogens with one attached hydrogen (secondary N) is 2. The normalized spacial score (nSPS) is 14.4. The van der Waals surface area contributed by atoms with Gasteiger partial charge in [-0.05, 0) is 45.0 Å². The molecule has 0 unspecified atom stereocenters. The molecule has 0 saturated carbocycles. The van der Waals surface area contributed by atoms with Gasteiger partial charge in [-0.25, -0.2) is 4.68 Å². The number of ether oxygens (including phenoxy) is 2. The van der Waals surface area contributed by atoms with E-state index in [-0.39, 0.29) is 24.4 Å². The predicted octanol–water partition coefficient (Wildman–Crippen LogP) is 2.20. The Balaban J connectivity index is 0.00000243. The van der Waals surface area contributed by atoms with Gasteiger partial charge in [0.2, 0.25) is 0 Å². The van der Waals surface area contributed by atoms with Crippen molar-refractivity contribution in [2.45, 2.75) is 25.8 Å². The van der Waals surface area contributed by atoms with E-state index in [2.05, 4.69) is 20.9 Å². The Hall–Kier alpha value is -2.32. The maximum atomic E-state index is 12.6. The molecule has 1 aliphatic rings. The molecule has 2 aromatic rings. The van der Waals surface area contributed by atoms with Crippen molar-refractivity contribution in [3.8, 4) is 11.5 Å². The molecule has 0 radical (unpaired) electrons. The van der Waals surface area contributed by atoms with E-state index in [0.717, 1.165) is 31.6 Å². The molecular formula is C17H24ClN5O3. The molecule has 1 saturated heterocycles. The van der Waals surface area contributed by atoms with Crippen molar-refractivity contribution in [1.82, 2.24) is 20.3 Å². The van der Waals surface area contributed by atoms with Crippen LogP contribution in [0.5, 0.6) is 11.5 Å². The molecule has 0 bridgehead atoms. The summed E-state index contributed by atoms with van der Waals surface area (Å²) in [6, 6.07) is 5.50. The molecule has 0 spiro atoms. The number of nitrogens with zero attached hydrogens (tertiary/aromatic N) is 3. The molecule has 142 valence electrons. The summed E-state index contributed by atoms with van der Waals surface area (Å²) in [5.41, 5.74) is 1.73. The first kappa shape index (κ1) is 20.0. The lowest BCUT2D eigenvalue weighted by Crippen LogP contribution is -2.30. The summed E-state index contributed by atoms with van der Waals surface area (Å²) in [7, 11) is 3.12. The summed E-state index contributed by atoms with van der Waals surface area (Å²) in [6.07, 6.45) is 1.97. The second-order valence-corrected chi connectivity index (χ2v) is 5.97. The number of halogens is 1. The van der Waals surface area contributed by atoms with Gasteiger partial charge in [0.05, 0.1) is 26.0 Å². The molecule has 1 fully saturated rings. The monoisotopic (exact) mass is 381 g/mol. The van der Waals surface area contributed by atoms with Gasteiger partial charge in [-0.3, -0.25) is 4.79 Å². The number of carbonyl (C=O) groups is 1. The summed E-state index contributed by atoms with van der Waals surface area (Å²) in [6.45, 7) is 3.79. The van der Waals surface area contributed by atoms with Crippen molar-refractivity contribution in [2.24, 2.45) is 0 Å². The van der Waals surface area contributed by atoms with E-state index >= 15 is 0 Å². The number of aromatic nitrogens is 3. The maximum Gasteiger partial charge on any atom is 0.278 e. The third-order valence-electron chi connectivity index (χ3n) is 4.44. The number of carbonyl (C=O) groups excluding carboxylic acids is 1. The SMILES string of the molecule is COc1ccc(NC(=O)c2nnn(C3CCNCC3)c2C)cc1OC.Cl. The Kier molecular flexibility index (Phi) is 6.82. The highest BCUT2D eigenvalue weighted by Gasteiger charge is 2.23. The number of amides is 1. The number of methoxy groups -OCH3 is 2. The smallest absolute Gasteiger partial charge is 0.278 e. The van der Waals surface area contributed by atoms with Crippen LogP contribution in [0.3, 0.4) is 0 Å². The van der Waals surface area contributed by atoms with Gasteiger partial charge in [-0.2, -0.15) is 0 Å². The third kappa shape index (κ3) is 4.08. The Bertz CT molecular complexity index is 759. The molecule has 1 amide bonds. The highest BCUT2D eigenvalue weighted by molar-refractivity contribution is 6.03. The van der Waals surface area contributed by atoms with Crippen LogP contribution in [0, 0.1) is 6.92 Å². The van der Waals surface area contributed by atoms with Crippen LogP contribution in [-0.4, -0.2) is 48.2 Å². The minimum absolute atomic E-state index is 0. The number of anilines is 1.